The Morgan fingerprint density at radius 2 is 1.76 bits per heavy atom. The van der Waals surface area contributed by atoms with Gasteiger partial charge in [-0.2, -0.15) is 0 Å². The Hall–Kier alpha value is -1.82. The maximum Gasteiger partial charge on any atom is 0.229 e. The van der Waals surface area contributed by atoms with Gasteiger partial charge < -0.3 is 4.90 Å². The van der Waals surface area contributed by atoms with E-state index >= 15 is 0 Å². The summed E-state index contributed by atoms with van der Waals surface area (Å²) in [5, 5.41) is 1.17. The average Bonchev–Trinajstić information content (AvgIpc) is 2.84. The molecule has 0 N–H and O–H groups in total. The normalized spacial score (nSPS) is 24.7. The van der Waals surface area contributed by atoms with Gasteiger partial charge in [-0.3, -0.25) is 4.79 Å². The number of carbonyl (C=O) groups is 1. The Morgan fingerprint density at radius 3 is 2.27 bits per heavy atom. The number of likely N-dealkylation sites (tertiary alicyclic amines) is 1. The van der Waals surface area contributed by atoms with Crippen LogP contribution in [0.5, 0.6) is 0 Å². The van der Waals surface area contributed by atoms with E-state index in [0.29, 0.717) is 28.6 Å². The van der Waals surface area contributed by atoms with Crippen LogP contribution in [0.1, 0.15) is 70.5 Å². The van der Waals surface area contributed by atoms with Gasteiger partial charge in [0.1, 0.15) is 0 Å². The highest BCUT2D eigenvalue weighted by molar-refractivity contribution is 7.94. The molecule has 4 nitrogen and oxygen atoms in total. The van der Waals surface area contributed by atoms with Gasteiger partial charge in [0.15, 0.2) is 0 Å². The fourth-order valence-corrected chi connectivity index (χ4v) is 7.88. The van der Waals surface area contributed by atoms with Crippen molar-refractivity contribution < 1.29 is 9.00 Å². The largest absolute Gasteiger partial charge is 0.330 e. The van der Waals surface area contributed by atoms with E-state index < -0.39 is 15.1 Å². The lowest BCUT2D eigenvalue weighted by molar-refractivity contribution is -0.155. The molecule has 0 aromatic heterocycles. The molecule has 3 rings (SSSR count). The Balaban J connectivity index is 2.31. The summed E-state index contributed by atoms with van der Waals surface area (Å²) in [5.41, 5.74) is 1.42. The van der Waals surface area contributed by atoms with E-state index in [1.54, 1.807) is 7.05 Å². The lowest BCUT2D eigenvalue weighted by Crippen LogP contribution is -2.58. The quantitative estimate of drug-likeness (QED) is 0.289. The monoisotopic (exact) mass is 562 g/mol. The number of carbonyl (C=O) groups excluding carboxylic acids is 1. The molecule has 7 heteroatoms. The second-order valence-corrected chi connectivity index (χ2v) is 14.9. The standard InChI is InChI=1S/C30H40Cl2N2O2S/c1-8-16-30(6)18-26(23-10-9-11-25(32)17-23)28(22-12-14-24(31)15-13-22)34(29(30)35)27(20(2)3)19-37(36,33-7)21(4)5/h8-15,17,20-21,26-28H,1,16,18-19H2,2-7H3/t26-,27?,28-,30+,37?/m1/s1. The molecule has 1 saturated heterocycles. The molecule has 1 fully saturated rings. The van der Waals surface area contributed by atoms with Gasteiger partial charge in [0.25, 0.3) is 0 Å². The van der Waals surface area contributed by atoms with Crippen LogP contribution in [0.15, 0.2) is 65.5 Å². The number of halogens is 2. The van der Waals surface area contributed by atoms with Gasteiger partial charge in [0.05, 0.1) is 26.9 Å². The third-order valence-electron chi connectivity index (χ3n) is 7.77. The minimum absolute atomic E-state index is 0.0301. The molecule has 2 aromatic rings. The van der Waals surface area contributed by atoms with Crippen LogP contribution in [-0.2, 0) is 14.5 Å². The van der Waals surface area contributed by atoms with Crippen molar-refractivity contribution in [3.8, 4) is 0 Å². The number of nitrogens with zero attached hydrogens (tertiary/aromatic N) is 2. The first-order valence-corrected chi connectivity index (χ1v) is 15.4. The van der Waals surface area contributed by atoms with Crippen LogP contribution < -0.4 is 0 Å². The fraction of sp³-hybridized carbons (Fsp3) is 0.500. The summed E-state index contributed by atoms with van der Waals surface area (Å²) in [4.78, 5) is 16.6. The van der Waals surface area contributed by atoms with Crippen molar-refractivity contribution >= 4 is 38.8 Å². The van der Waals surface area contributed by atoms with E-state index in [0.717, 1.165) is 11.1 Å². The van der Waals surface area contributed by atoms with Crippen molar-refractivity contribution in [2.45, 2.75) is 70.7 Å². The van der Waals surface area contributed by atoms with Crippen LogP contribution in [0, 0.1) is 11.3 Å². The molecule has 0 spiro atoms. The van der Waals surface area contributed by atoms with E-state index in [9.17, 15) is 9.00 Å². The molecule has 1 amide bonds. The molecular weight excluding hydrogens is 523 g/mol. The van der Waals surface area contributed by atoms with E-state index in [1.165, 1.54) is 0 Å². The molecule has 0 radical (unpaired) electrons. The van der Waals surface area contributed by atoms with Gasteiger partial charge in [-0.25, -0.2) is 8.57 Å². The first kappa shape index (κ1) is 29.7. The Kier molecular flexibility index (Phi) is 9.58. The highest BCUT2D eigenvalue weighted by Crippen LogP contribution is 2.52. The lowest BCUT2D eigenvalue weighted by Gasteiger charge is -2.53. The molecule has 5 atom stereocenters. The Morgan fingerprint density at radius 1 is 1.11 bits per heavy atom. The number of rotatable bonds is 9. The van der Waals surface area contributed by atoms with Crippen LogP contribution >= 0.6 is 23.2 Å². The van der Waals surface area contributed by atoms with Crippen molar-refractivity contribution in [1.29, 1.82) is 0 Å². The Bertz CT molecular complexity index is 1230. The number of amides is 1. The highest BCUT2D eigenvalue weighted by Gasteiger charge is 2.52. The van der Waals surface area contributed by atoms with Crippen LogP contribution in [0.2, 0.25) is 10.0 Å². The fourth-order valence-electron chi connectivity index (χ4n) is 5.57. The molecule has 0 aliphatic carbocycles. The van der Waals surface area contributed by atoms with Gasteiger partial charge in [0.2, 0.25) is 5.91 Å². The SMILES string of the molecule is C=CC[C@@]1(C)C[C@H](c2cccc(Cl)c2)[C@@H](c2ccc(Cl)cc2)N(C(CS(=O)(=NC)C(C)C)C(C)C)C1=O. The number of piperidine rings is 1. The zero-order valence-corrected chi connectivity index (χ0v) is 25.1. The lowest BCUT2D eigenvalue weighted by atomic mass is 9.67. The summed E-state index contributed by atoms with van der Waals surface area (Å²) < 4.78 is 18.3. The minimum Gasteiger partial charge on any atom is -0.330 e. The summed E-state index contributed by atoms with van der Waals surface area (Å²) in [6.45, 7) is 14.1. The van der Waals surface area contributed by atoms with Crippen LogP contribution in [0.25, 0.3) is 0 Å². The van der Waals surface area contributed by atoms with Crippen molar-refractivity contribution in [2.24, 2.45) is 15.7 Å². The third kappa shape index (κ3) is 6.26. The molecule has 37 heavy (non-hydrogen) atoms. The summed E-state index contributed by atoms with van der Waals surface area (Å²) >= 11 is 12.7. The van der Waals surface area contributed by atoms with Gasteiger partial charge in [-0.15, -0.1) is 6.58 Å². The maximum absolute atomic E-state index is 14.5. The third-order valence-corrected chi connectivity index (χ3v) is 11.2. The van der Waals surface area contributed by atoms with Crippen molar-refractivity contribution in [3.63, 3.8) is 0 Å². The second kappa shape index (κ2) is 11.9. The van der Waals surface area contributed by atoms with Crippen LogP contribution in [0.4, 0.5) is 0 Å². The summed E-state index contributed by atoms with van der Waals surface area (Å²) in [6.07, 6.45) is 3.02. The maximum atomic E-state index is 14.5. The minimum atomic E-state index is -2.54. The van der Waals surface area contributed by atoms with Gasteiger partial charge in [-0.05, 0) is 54.2 Å². The van der Waals surface area contributed by atoms with E-state index in [1.807, 2.05) is 74.2 Å². The first-order valence-electron chi connectivity index (χ1n) is 12.9. The molecule has 0 saturated carbocycles. The number of benzene rings is 2. The topological polar surface area (TPSA) is 49.7 Å². The highest BCUT2D eigenvalue weighted by atomic mass is 35.5. The zero-order valence-electron chi connectivity index (χ0n) is 22.8. The molecule has 202 valence electrons. The predicted octanol–water partition coefficient (Wildman–Crippen LogP) is 8.16. The van der Waals surface area contributed by atoms with E-state index in [4.69, 9.17) is 23.2 Å². The van der Waals surface area contributed by atoms with E-state index in [-0.39, 0.29) is 35.1 Å². The van der Waals surface area contributed by atoms with Crippen molar-refractivity contribution in [1.82, 2.24) is 4.90 Å². The molecule has 1 aliphatic rings. The predicted molar refractivity (Wildman–Crippen MR) is 158 cm³/mol. The van der Waals surface area contributed by atoms with E-state index in [2.05, 4.69) is 30.9 Å². The Labute approximate surface area is 233 Å². The summed E-state index contributed by atoms with van der Waals surface area (Å²) in [6, 6.07) is 15.1. The summed E-state index contributed by atoms with van der Waals surface area (Å²) in [7, 11) is -0.913. The number of allylic oxidation sites excluding steroid dienone is 1. The van der Waals surface area contributed by atoms with Crippen LogP contribution in [-0.4, -0.2) is 39.1 Å². The molecule has 2 unspecified atom stereocenters. The van der Waals surface area contributed by atoms with Gasteiger partial charge in [0, 0.05) is 34.3 Å². The summed E-state index contributed by atoms with van der Waals surface area (Å²) in [5.74, 6) is 0.413. The van der Waals surface area contributed by atoms with Crippen molar-refractivity contribution in [3.05, 3.63) is 82.4 Å². The molecular formula is C30H40Cl2N2O2S. The smallest absolute Gasteiger partial charge is 0.229 e. The van der Waals surface area contributed by atoms with Gasteiger partial charge >= 0.3 is 0 Å². The van der Waals surface area contributed by atoms with Crippen LogP contribution in [0.3, 0.4) is 0 Å². The number of hydrogen-bond acceptors (Lipinski definition) is 3. The molecule has 1 aliphatic heterocycles. The second-order valence-electron chi connectivity index (χ2n) is 11.0. The molecule has 1 heterocycles. The van der Waals surface area contributed by atoms with Gasteiger partial charge in [-0.1, -0.05) is 88.2 Å². The van der Waals surface area contributed by atoms with Crippen molar-refractivity contribution in [2.75, 3.05) is 12.8 Å². The number of hydrogen-bond donors (Lipinski definition) is 0. The zero-order chi connectivity index (χ0) is 27.5. The first-order chi connectivity index (χ1) is 17.4. The molecule has 2 aromatic carbocycles. The average molecular weight is 564 g/mol. The molecule has 0 bridgehead atoms.